The average molecular weight is 524 g/mol. The first-order chi connectivity index (χ1) is 11.7. The van der Waals surface area contributed by atoms with E-state index in [2.05, 4.69) is 82.2 Å². The Morgan fingerprint density at radius 2 is 1.85 bits per heavy atom. The minimum absolute atomic E-state index is 0. The van der Waals surface area contributed by atoms with Gasteiger partial charge in [-0.15, -0.1) is 0 Å². The summed E-state index contributed by atoms with van der Waals surface area (Å²) in [6.07, 6.45) is 9.10. The second-order valence-electron chi connectivity index (χ2n) is 6.48. The van der Waals surface area contributed by atoms with Gasteiger partial charge in [0.25, 0.3) is 0 Å². The number of halogens is 3. The maximum absolute atomic E-state index is 3.85. The van der Waals surface area contributed by atoms with E-state index < -0.39 is 23.2 Å². The maximum Gasteiger partial charge on any atom is -1.00 e. The van der Waals surface area contributed by atoms with Crippen LogP contribution in [0.2, 0.25) is 0 Å². The summed E-state index contributed by atoms with van der Waals surface area (Å²) in [5.41, 5.74) is 7.32. The van der Waals surface area contributed by atoms with E-state index in [1.807, 2.05) is 0 Å². The number of benzene rings is 2. The van der Waals surface area contributed by atoms with Gasteiger partial charge in [0.15, 0.2) is 0 Å². The monoisotopic (exact) mass is 521 g/mol. The van der Waals surface area contributed by atoms with E-state index in [4.69, 9.17) is 0 Å². The largest absolute Gasteiger partial charge is 1.00 e. The van der Waals surface area contributed by atoms with Crippen LogP contribution in [0.3, 0.4) is 0 Å². The predicted octanol–water partition coefficient (Wildman–Crippen LogP) is -0.928. The van der Waals surface area contributed by atoms with Crippen LogP contribution in [0.25, 0.3) is 22.2 Å². The van der Waals surface area contributed by atoms with E-state index in [9.17, 15) is 0 Å². The number of nitrogens with zero attached hydrogens (tertiary/aromatic N) is 1. The SMILES string of the molecule is Cn1c2c(c3ccccc31)Cc1c-2ccc(Br)[c]1[Zr+2][C]1=CC=CC1.[Cl-].[Cl-]. The summed E-state index contributed by atoms with van der Waals surface area (Å²) >= 11 is 3.12. The molecule has 0 radical (unpaired) electrons. The normalized spacial score (nSPS) is 13.5. The van der Waals surface area contributed by atoms with Gasteiger partial charge in [-0.05, 0) is 0 Å². The molecule has 1 heterocycles. The van der Waals surface area contributed by atoms with Crippen LogP contribution < -0.4 is 28.1 Å². The number of fused-ring (bicyclic) bond motifs is 5. The first-order valence-corrected chi connectivity index (χ1v) is 11.5. The van der Waals surface area contributed by atoms with Gasteiger partial charge in [0, 0.05) is 0 Å². The molecule has 0 saturated carbocycles. The Kier molecular flexibility index (Phi) is 6.04. The molecule has 130 valence electrons. The molecular formula is C21H16BrCl2NZr. The quantitative estimate of drug-likeness (QED) is 0.320. The minimum atomic E-state index is -0.724. The standard InChI is InChI=1S/C16H11BrN.C5H5.2ClH.Zr/c1-18-15-5-3-2-4-13(15)14-9-10-8-11(17)6-7-12(10)16(14)18;1-2-4-5-3-1;;;/h2-7H,9H2,1H3;1-3H,4H2;2*1H;/q;;;;+2/p-2. The molecule has 26 heavy (non-hydrogen) atoms. The van der Waals surface area contributed by atoms with Gasteiger partial charge in [0.05, 0.1) is 0 Å². The smallest absolute Gasteiger partial charge is 1.00 e. The van der Waals surface area contributed by atoms with Crippen LogP contribution in [0.1, 0.15) is 17.5 Å². The van der Waals surface area contributed by atoms with Crippen LogP contribution >= 0.6 is 15.9 Å². The van der Waals surface area contributed by atoms with Crippen LogP contribution in [0.15, 0.2) is 62.4 Å². The number of allylic oxidation sites excluding steroid dienone is 4. The van der Waals surface area contributed by atoms with Crippen molar-refractivity contribution in [3.63, 3.8) is 0 Å². The molecule has 5 heteroatoms. The Labute approximate surface area is 186 Å². The van der Waals surface area contributed by atoms with E-state index in [1.165, 1.54) is 32.2 Å². The first-order valence-electron chi connectivity index (χ1n) is 8.25. The fraction of sp³-hybridized carbons (Fsp3) is 0.143. The van der Waals surface area contributed by atoms with Crippen molar-refractivity contribution in [2.24, 2.45) is 7.05 Å². The van der Waals surface area contributed by atoms with Crippen LogP contribution in [0.4, 0.5) is 0 Å². The zero-order valence-electron chi connectivity index (χ0n) is 14.2. The zero-order chi connectivity index (χ0) is 16.3. The van der Waals surface area contributed by atoms with Gasteiger partial charge in [0.1, 0.15) is 0 Å². The molecule has 0 amide bonds. The summed E-state index contributed by atoms with van der Waals surface area (Å²) in [7, 11) is 2.21. The van der Waals surface area contributed by atoms with Crippen molar-refractivity contribution < 1.29 is 48.0 Å². The summed E-state index contributed by atoms with van der Waals surface area (Å²) in [6.45, 7) is 0. The average Bonchev–Trinajstić information content (AvgIpc) is 3.29. The third-order valence-corrected chi connectivity index (χ3v) is 10.4. The van der Waals surface area contributed by atoms with Crippen LogP contribution in [0.5, 0.6) is 0 Å². The fourth-order valence-electron chi connectivity index (χ4n) is 4.03. The molecule has 0 fully saturated rings. The Balaban J connectivity index is 0.000000980. The Bertz CT molecular complexity index is 1070. The molecule has 3 aromatic rings. The van der Waals surface area contributed by atoms with Gasteiger partial charge in [-0.1, -0.05) is 0 Å². The van der Waals surface area contributed by atoms with E-state index in [1.54, 1.807) is 12.1 Å². The summed E-state index contributed by atoms with van der Waals surface area (Å²) < 4.78 is 7.01. The van der Waals surface area contributed by atoms with Crippen LogP contribution in [-0.4, -0.2) is 4.57 Å². The molecule has 0 atom stereocenters. The Morgan fingerprint density at radius 3 is 2.62 bits per heavy atom. The molecule has 1 aromatic heterocycles. The van der Waals surface area contributed by atoms with Crippen molar-refractivity contribution in [3.05, 3.63) is 73.5 Å². The maximum atomic E-state index is 3.85. The second-order valence-corrected chi connectivity index (χ2v) is 10.8. The van der Waals surface area contributed by atoms with Crippen molar-refractivity contribution in [1.29, 1.82) is 0 Å². The topological polar surface area (TPSA) is 4.93 Å². The van der Waals surface area contributed by atoms with E-state index in [0.29, 0.717) is 0 Å². The number of hydrogen-bond donors (Lipinski definition) is 0. The van der Waals surface area contributed by atoms with E-state index >= 15 is 0 Å². The van der Waals surface area contributed by atoms with Gasteiger partial charge >= 0.3 is 163 Å². The number of hydrogen-bond acceptors (Lipinski definition) is 0. The summed E-state index contributed by atoms with van der Waals surface area (Å²) in [5.74, 6) is 0. The molecule has 2 aliphatic carbocycles. The van der Waals surface area contributed by atoms with Gasteiger partial charge < -0.3 is 24.8 Å². The fourth-order valence-corrected chi connectivity index (χ4v) is 8.18. The predicted molar refractivity (Wildman–Crippen MR) is 100 cm³/mol. The molecule has 1 nitrogen and oxygen atoms in total. The molecule has 0 N–H and O–H groups in total. The van der Waals surface area contributed by atoms with E-state index in [-0.39, 0.29) is 24.8 Å². The molecule has 0 aliphatic heterocycles. The number of aryl methyl sites for hydroxylation is 1. The number of rotatable bonds is 2. The van der Waals surface area contributed by atoms with Crippen molar-refractivity contribution >= 4 is 30.1 Å². The van der Waals surface area contributed by atoms with Gasteiger partial charge in [-0.2, -0.15) is 0 Å². The summed E-state index contributed by atoms with van der Waals surface area (Å²) in [5, 5.41) is 1.42. The summed E-state index contributed by atoms with van der Waals surface area (Å²) in [6, 6.07) is 13.4. The van der Waals surface area contributed by atoms with Gasteiger partial charge in [-0.25, -0.2) is 0 Å². The molecule has 0 bridgehead atoms. The zero-order valence-corrected chi connectivity index (χ0v) is 19.7. The Morgan fingerprint density at radius 1 is 1.04 bits per heavy atom. The summed E-state index contributed by atoms with van der Waals surface area (Å²) in [4.78, 5) is 0. The molecule has 2 aliphatic rings. The molecule has 0 spiro atoms. The second kappa shape index (κ2) is 7.80. The molecule has 0 unspecified atom stereocenters. The van der Waals surface area contributed by atoms with Crippen molar-refractivity contribution in [2.75, 3.05) is 0 Å². The minimum Gasteiger partial charge on any atom is -1.00 e. The van der Waals surface area contributed by atoms with Crippen LogP contribution in [-0.2, 0) is 36.7 Å². The number of para-hydroxylation sites is 1. The van der Waals surface area contributed by atoms with Crippen molar-refractivity contribution in [3.8, 4) is 11.3 Å². The van der Waals surface area contributed by atoms with Gasteiger partial charge in [-0.3, -0.25) is 0 Å². The first kappa shape index (κ1) is 20.1. The van der Waals surface area contributed by atoms with Crippen molar-refractivity contribution in [1.82, 2.24) is 4.57 Å². The Hall–Kier alpha value is -0.597. The van der Waals surface area contributed by atoms with E-state index in [0.717, 1.165) is 12.8 Å². The molecular weight excluding hydrogens is 508 g/mol. The van der Waals surface area contributed by atoms with Gasteiger partial charge in [0.2, 0.25) is 0 Å². The molecule has 5 rings (SSSR count). The molecule has 0 saturated heterocycles. The van der Waals surface area contributed by atoms with Crippen molar-refractivity contribution in [2.45, 2.75) is 12.8 Å². The third kappa shape index (κ3) is 3.02. The molecule has 2 aromatic carbocycles. The van der Waals surface area contributed by atoms with Crippen LogP contribution in [0, 0.1) is 0 Å². The third-order valence-electron chi connectivity index (χ3n) is 5.14. The number of aromatic nitrogens is 1.